The summed E-state index contributed by atoms with van der Waals surface area (Å²) in [7, 11) is -3.85. The number of carbonyl (C=O) groups excluding carboxylic acids is 1. The van der Waals surface area contributed by atoms with Crippen LogP contribution in [0.1, 0.15) is 24.1 Å². The van der Waals surface area contributed by atoms with E-state index in [1.165, 1.54) is 12.1 Å². The minimum atomic E-state index is -3.85. The number of halogens is 1. The maximum absolute atomic E-state index is 13.1. The summed E-state index contributed by atoms with van der Waals surface area (Å²) in [5, 5.41) is 2.93. The zero-order valence-corrected chi connectivity index (χ0v) is 18.9. The third-order valence-corrected chi connectivity index (χ3v) is 6.70. The molecule has 3 aromatic rings. The van der Waals surface area contributed by atoms with Crippen LogP contribution in [0.4, 0.5) is 0 Å². The van der Waals surface area contributed by atoms with Crippen molar-refractivity contribution >= 4 is 31.9 Å². The second-order valence-corrected chi connectivity index (χ2v) is 9.59. The smallest absolute Gasteiger partial charge is 0.241 e. The minimum Gasteiger partial charge on any atom is -0.348 e. The average Bonchev–Trinajstić information content (AvgIpc) is 2.75. The largest absolute Gasteiger partial charge is 0.348 e. The SMILES string of the molecule is C[C@H](NC(=O)[C@H](Cc1ccccc1)NS(=O)(=O)c1ccccc1)c1ccc(Br)cc1. The Bertz CT molecular complexity index is 1070. The molecule has 0 radical (unpaired) electrons. The third-order valence-electron chi connectivity index (χ3n) is 4.68. The molecule has 0 bridgehead atoms. The predicted molar refractivity (Wildman–Crippen MR) is 121 cm³/mol. The first-order valence-corrected chi connectivity index (χ1v) is 11.8. The summed E-state index contributed by atoms with van der Waals surface area (Å²) in [6.45, 7) is 1.87. The molecule has 0 aliphatic carbocycles. The van der Waals surface area contributed by atoms with Crippen molar-refractivity contribution in [3.8, 4) is 0 Å². The maximum Gasteiger partial charge on any atom is 0.241 e. The molecule has 0 fully saturated rings. The van der Waals surface area contributed by atoms with Crippen molar-refractivity contribution in [3.05, 3.63) is 101 Å². The van der Waals surface area contributed by atoms with Gasteiger partial charge >= 0.3 is 0 Å². The zero-order valence-electron chi connectivity index (χ0n) is 16.5. The van der Waals surface area contributed by atoms with E-state index in [4.69, 9.17) is 0 Å². The van der Waals surface area contributed by atoms with Crippen molar-refractivity contribution in [3.63, 3.8) is 0 Å². The van der Waals surface area contributed by atoms with E-state index in [1.807, 2.05) is 61.5 Å². The lowest BCUT2D eigenvalue weighted by Gasteiger charge is -2.22. The molecule has 0 saturated carbocycles. The normalized spacial score (nSPS) is 13.4. The number of sulfonamides is 1. The van der Waals surface area contributed by atoms with Gasteiger partial charge in [0.25, 0.3) is 0 Å². The summed E-state index contributed by atoms with van der Waals surface area (Å²) in [6, 6.07) is 23.8. The van der Waals surface area contributed by atoms with E-state index in [2.05, 4.69) is 26.0 Å². The van der Waals surface area contributed by atoms with Crippen LogP contribution in [0.15, 0.2) is 94.3 Å². The monoisotopic (exact) mass is 486 g/mol. The summed E-state index contributed by atoms with van der Waals surface area (Å²) in [5.41, 5.74) is 1.79. The summed E-state index contributed by atoms with van der Waals surface area (Å²) >= 11 is 3.40. The highest BCUT2D eigenvalue weighted by Gasteiger charge is 2.27. The maximum atomic E-state index is 13.1. The fraction of sp³-hybridized carbons (Fsp3) is 0.174. The summed E-state index contributed by atoms with van der Waals surface area (Å²) < 4.78 is 29.2. The van der Waals surface area contributed by atoms with Crippen LogP contribution in [-0.4, -0.2) is 20.4 Å². The van der Waals surface area contributed by atoms with Gasteiger partial charge in [0.1, 0.15) is 6.04 Å². The van der Waals surface area contributed by atoms with E-state index in [9.17, 15) is 13.2 Å². The van der Waals surface area contributed by atoms with Gasteiger partial charge in [0.05, 0.1) is 10.9 Å². The minimum absolute atomic E-state index is 0.122. The Morgan fingerprint density at radius 1 is 0.900 bits per heavy atom. The van der Waals surface area contributed by atoms with Gasteiger partial charge in [-0.15, -0.1) is 0 Å². The van der Waals surface area contributed by atoms with Crippen molar-refractivity contribution in [2.45, 2.75) is 30.3 Å². The van der Waals surface area contributed by atoms with Crippen LogP contribution in [-0.2, 0) is 21.2 Å². The number of benzene rings is 3. The summed E-state index contributed by atoms with van der Waals surface area (Å²) in [5.74, 6) is -0.381. The fourth-order valence-corrected chi connectivity index (χ4v) is 4.52. The number of carbonyl (C=O) groups is 1. The van der Waals surface area contributed by atoms with E-state index in [0.29, 0.717) is 0 Å². The highest BCUT2D eigenvalue weighted by molar-refractivity contribution is 9.10. The molecule has 0 aromatic heterocycles. The number of hydrogen-bond donors (Lipinski definition) is 2. The fourth-order valence-electron chi connectivity index (χ4n) is 3.04. The zero-order chi connectivity index (χ0) is 21.6. The molecular formula is C23H23BrN2O3S. The lowest BCUT2D eigenvalue weighted by Crippen LogP contribution is -2.48. The molecule has 0 spiro atoms. The van der Waals surface area contributed by atoms with E-state index in [0.717, 1.165) is 15.6 Å². The van der Waals surface area contributed by atoms with E-state index < -0.39 is 16.1 Å². The predicted octanol–water partition coefficient (Wildman–Crippen LogP) is 4.22. The molecule has 1 amide bonds. The van der Waals surface area contributed by atoms with Gasteiger partial charge in [-0.25, -0.2) is 8.42 Å². The van der Waals surface area contributed by atoms with Crippen LogP contribution in [0.2, 0.25) is 0 Å². The van der Waals surface area contributed by atoms with Crippen LogP contribution in [0, 0.1) is 0 Å². The number of amides is 1. The molecule has 2 N–H and O–H groups in total. The number of rotatable bonds is 8. The molecule has 7 heteroatoms. The van der Waals surface area contributed by atoms with Gasteiger partial charge in [0.2, 0.25) is 15.9 Å². The summed E-state index contributed by atoms with van der Waals surface area (Å²) in [6.07, 6.45) is 0.242. The first-order chi connectivity index (χ1) is 14.3. The molecule has 0 unspecified atom stereocenters. The van der Waals surface area contributed by atoms with Crippen molar-refractivity contribution in [1.29, 1.82) is 0 Å². The molecule has 0 aliphatic heterocycles. The second-order valence-electron chi connectivity index (χ2n) is 6.96. The highest BCUT2D eigenvalue weighted by atomic mass is 79.9. The Kier molecular flexibility index (Phi) is 7.42. The number of hydrogen-bond acceptors (Lipinski definition) is 3. The van der Waals surface area contributed by atoms with E-state index in [1.54, 1.807) is 18.2 Å². The Morgan fingerprint density at radius 2 is 1.47 bits per heavy atom. The first-order valence-electron chi connectivity index (χ1n) is 9.52. The Morgan fingerprint density at radius 3 is 2.07 bits per heavy atom. The van der Waals surface area contributed by atoms with Gasteiger partial charge in [-0.3, -0.25) is 4.79 Å². The molecule has 3 aromatic carbocycles. The van der Waals surface area contributed by atoms with Gasteiger partial charge in [0.15, 0.2) is 0 Å². The van der Waals surface area contributed by atoms with Crippen LogP contribution in [0.25, 0.3) is 0 Å². The molecule has 0 saturated heterocycles. The second kappa shape index (κ2) is 10.0. The average molecular weight is 487 g/mol. The Hall–Kier alpha value is -2.48. The quantitative estimate of drug-likeness (QED) is 0.500. The first kappa shape index (κ1) is 22.2. The van der Waals surface area contributed by atoms with Crippen molar-refractivity contribution in [2.75, 3.05) is 0 Å². The van der Waals surface area contributed by atoms with Crippen molar-refractivity contribution < 1.29 is 13.2 Å². The standard InChI is InChI=1S/C23H23BrN2O3S/c1-17(19-12-14-20(24)15-13-19)25-23(27)22(16-18-8-4-2-5-9-18)26-30(28,29)21-10-6-3-7-11-21/h2-15,17,22,26H,16H2,1H3,(H,25,27)/t17-,22-/m0/s1. The van der Waals surface area contributed by atoms with Gasteiger partial charge in [0, 0.05) is 4.47 Å². The van der Waals surface area contributed by atoms with Crippen LogP contribution < -0.4 is 10.0 Å². The van der Waals surface area contributed by atoms with E-state index in [-0.39, 0.29) is 23.3 Å². The molecule has 156 valence electrons. The molecule has 5 nitrogen and oxygen atoms in total. The molecule has 0 aliphatic rings. The Labute approximate surface area is 185 Å². The number of nitrogens with one attached hydrogen (secondary N) is 2. The van der Waals surface area contributed by atoms with Gasteiger partial charge in [-0.1, -0.05) is 76.6 Å². The molecule has 2 atom stereocenters. The van der Waals surface area contributed by atoms with Crippen LogP contribution in [0.5, 0.6) is 0 Å². The van der Waals surface area contributed by atoms with Crippen LogP contribution >= 0.6 is 15.9 Å². The molecule has 3 rings (SSSR count). The van der Waals surface area contributed by atoms with Crippen molar-refractivity contribution in [1.82, 2.24) is 10.0 Å². The molecule has 30 heavy (non-hydrogen) atoms. The lowest BCUT2D eigenvalue weighted by molar-refractivity contribution is -0.123. The topological polar surface area (TPSA) is 75.3 Å². The summed E-state index contributed by atoms with van der Waals surface area (Å²) in [4.78, 5) is 13.2. The van der Waals surface area contributed by atoms with Gasteiger partial charge in [-0.2, -0.15) is 4.72 Å². The van der Waals surface area contributed by atoms with Gasteiger partial charge in [-0.05, 0) is 48.7 Å². The third kappa shape index (κ3) is 6.01. The highest BCUT2D eigenvalue weighted by Crippen LogP contribution is 2.17. The van der Waals surface area contributed by atoms with Crippen molar-refractivity contribution in [2.24, 2.45) is 0 Å². The Balaban J connectivity index is 1.81. The molecule has 0 heterocycles. The van der Waals surface area contributed by atoms with Crippen LogP contribution in [0.3, 0.4) is 0 Å². The van der Waals surface area contributed by atoms with Gasteiger partial charge < -0.3 is 5.32 Å². The molecular weight excluding hydrogens is 464 g/mol. The van der Waals surface area contributed by atoms with E-state index >= 15 is 0 Å². The lowest BCUT2D eigenvalue weighted by atomic mass is 10.0.